The molecule has 0 amide bonds. The average molecular weight is 278 g/mol. The zero-order chi connectivity index (χ0) is 14.7. The zero-order valence-corrected chi connectivity index (χ0v) is 11.2. The molecule has 0 aliphatic heterocycles. The minimum absolute atomic E-state index is 0.129. The predicted molar refractivity (Wildman–Crippen MR) is 71.0 cm³/mol. The zero-order valence-electron chi connectivity index (χ0n) is 11.2. The van der Waals surface area contributed by atoms with Crippen LogP contribution in [0.4, 0.5) is 9.59 Å². The first-order valence-electron chi connectivity index (χ1n) is 6.18. The largest absolute Gasteiger partial charge is 0.449 e. The van der Waals surface area contributed by atoms with Crippen molar-refractivity contribution in [3.63, 3.8) is 0 Å². The van der Waals surface area contributed by atoms with Gasteiger partial charge in [0, 0.05) is 0 Å². The van der Waals surface area contributed by atoms with E-state index in [0.29, 0.717) is 11.0 Å². The van der Waals surface area contributed by atoms with Gasteiger partial charge in [0.1, 0.15) is 0 Å². The Kier molecular flexibility index (Phi) is 3.88. The van der Waals surface area contributed by atoms with Crippen molar-refractivity contribution in [3.05, 3.63) is 34.7 Å². The number of imidazole rings is 1. The number of para-hydroxylation sites is 2. The van der Waals surface area contributed by atoms with Crippen molar-refractivity contribution in [2.45, 2.75) is 13.8 Å². The minimum atomic E-state index is -0.822. The standard InChI is InChI=1S/C13H14N2O5/c1-3-19-12(17)14-9-7-5-6-8-10(9)15(11(14)16)13(18)20-4-2/h5-8H,3-4H2,1-2H3. The molecule has 106 valence electrons. The third kappa shape index (κ3) is 2.18. The molecule has 0 atom stereocenters. The van der Waals surface area contributed by atoms with Crippen molar-refractivity contribution in [3.8, 4) is 0 Å². The molecule has 0 unspecified atom stereocenters. The van der Waals surface area contributed by atoms with Crippen molar-refractivity contribution in [1.82, 2.24) is 9.13 Å². The van der Waals surface area contributed by atoms with Crippen LogP contribution in [0.25, 0.3) is 11.0 Å². The van der Waals surface area contributed by atoms with E-state index < -0.39 is 17.9 Å². The van der Waals surface area contributed by atoms with Crippen LogP contribution in [0.3, 0.4) is 0 Å². The molecule has 1 aromatic heterocycles. The highest BCUT2D eigenvalue weighted by molar-refractivity contribution is 5.92. The molecule has 0 aliphatic rings. The monoisotopic (exact) mass is 278 g/mol. The third-order valence-corrected chi connectivity index (χ3v) is 2.65. The number of rotatable bonds is 2. The fourth-order valence-corrected chi connectivity index (χ4v) is 1.88. The average Bonchev–Trinajstić information content (AvgIpc) is 2.71. The van der Waals surface area contributed by atoms with Gasteiger partial charge in [-0.1, -0.05) is 12.1 Å². The smallest absolute Gasteiger partial charge is 0.422 e. The topological polar surface area (TPSA) is 79.5 Å². The Labute approximate surface area is 114 Å². The molecule has 0 bridgehead atoms. The summed E-state index contributed by atoms with van der Waals surface area (Å²) in [5, 5.41) is 0. The third-order valence-electron chi connectivity index (χ3n) is 2.65. The maximum atomic E-state index is 12.2. The Hall–Kier alpha value is -2.57. The number of ether oxygens (including phenoxy) is 2. The second-order valence-corrected chi connectivity index (χ2v) is 3.84. The normalized spacial score (nSPS) is 10.5. The van der Waals surface area contributed by atoms with Gasteiger partial charge in [-0.05, 0) is 26.0 Å². The minimum Gasteiger partial charge on any atom is -0.449 e. The summed E-state index contributed by atoms with van der Waals surface area (Å²) < 4.78 is 11.3. The summed E-state index contributed by atoms with van der Waals surface area (Å²) in [7, 11) is 0. The Morgan fingerprint density at radius 3 is 1.70 bits per heavy atom. The number of carbonyl (C=O) groups is 2. The highest BCUT2D eigenvalue weighted by Crippen LogP contribution is 2.13. The molecule has 0 spiro atoms. The summed E-state index contributed by atoms with van der Waals surface area (Å²) >= 11 is 0. The summed E-state index contributed by atoms with van der Waals surface area (Å²) in [6.07, 6.45) is -1.64. The molecular weight excluding hydrogens is 264 g/mol. The number of fused-ring (bicyclic) bond motifs is 1. The Bertz CT molecular complexity index is 655. The molecule has 20 heavy (non-hydrogen) atoms. The Morgan fingerprint density at radius 1 is 0.950 bits per heavy atom. The van der Waals surface area contributed by atoms with E-state index in [-0.39, 0.29) is 13.2 Å². The highest BCUT2D eigenvalue weighted by Gasteiger charge is 2.23. The lowest BCUT2D eigenvalue weighted by Gasteiger charge is -2.01. The molecule has 7 nitrogen and oxygen atoms in total. The quantitative estimate of drug-likeness (QED) is 0.837. The molecule has 0 saturated heterocycles. The molecule has 0 saturated carbocycles. The molecular formula is C13H14N2O5. The van der Waals surface area contributed by atoms with Crippen LogP contribution in [0.15, 0.2) is 29.1 Å². The number of hydrogen-bond acceptors (Lipinski definition) is 5. The van der Waals surface area contributed by atoms with Crippen molar-refractivity contribution in [2.24, 2.45) is 0 Å². The van der Waals surface area contributed by atoms with Gasteiger partial charge in [-0.2, -0.15) is 9.13 Å². The summed E-state index contributed by atoms with van der Waals surface area (Å²) in [5.74, 6) is 0. The first-order chi connectivity index (χ1) is 9.61. The molecule has 0 N–H and O–H groups in total. The second-order valence-electron chi connectivity index (χ2n) is 3.84. The summed E-state index contributed by atoms with van der Waals surface area (Å²) in [6, 6.07) is 6.44. The first-order valence-corrected chi connectivity index (χ1v) is 6.18. The fourth-order valence-electron chi connectivity index (χ4n) is 1.88. The van der Waals surface area contributed by atoms with Crippen LogP contribution < -0.4 is 5.69 Å². The van der Waals surface area contributed by atoms with Crippen LogP contribution in [0.2, 0.25) is 0 Å². The van der Waals surface area contributed by atoms with E-state index in [0.717, 1.165) is 9.13 Å². The fraction of sp³-hybridized carbons (Fsp3) is 0.308. The van der Waals surface area contributed by atoms with Gasteiger partial charge >= 0.3 is 17.9 Å². The van der Waals surface area contributed by atoms with Gasteiger partial charge in [-0.25, -0.2) is 14.4 Å². The van der Waals surface area contributed by atoms with E-state index in [4.69, 9.17) is 9.47 Å². The van der Waals surface area contributed by atoms with Gasteiger partial charge in [0.05, 0.1) is 24.2 Å². The van der Waals surface area contributed by atoms with Gasteiger partial charge < -0.3 is 9.47 Å². The summed E-state index contributed by atoms with van der Waals surface area (Å²) in [5.41, 5.74) is -0.212. The molecule has 0 aliphatic carbocycles. The molecule has 1 heterocycles. The number of benzene rings is 1. The Balaban J connectivity index is 2.71. The van der Waals surface area contributed by atoms with Crippen molar-refractivity contribution < 1.29 is 19.1 Å². The van der Waals surface area contributed by atoms with E-state index in [1.54, 1.807) is 38.1 Å². The SMILES string of the molecule is CCOC(=O)n1c(=O)n(C(=O)OCC)c2ccccc21. The summed E-state index contributed by atoms with van der Waals surface area (Å²) in [6.45, 7) is 3.52. The van der Waals surface area contributed by atoms with Crippen molar-refractivity contribution in [2.75, 3.05) is 13.2 Å². The molecule has 2 aromatic rings. The number of hydrogen-bond donors (Lipinski definition) is 0. The van der Waals surface area contributed by atoms with Crippen LogP contribution in [0.1, 0.15) is 13.8 Å². The van der Waals surface area contributed by atoms with Crippen LogP contribution in [-0.2, 0) is 9.47 Å². The van der Waals surface area contributed by atoms with Crippen molar-refractivity contribution in [1.29, 1.82) is 0 Å². The second kappa shape index (κ2) is 5.60. The maximum Gasteiger partial charge on any atom is 0.422 e. The number of carbonyl (C=O) groups excluding carboxylic acids is 2. The van der Waals surface area contributed by atoms with Gasteiger partial charge in [0.2, 0.25) is 0 Å². The van der Waals surface area contributed by atoms with E-state index >= 15 is 0 Å². The van der Waals surface area contributed by atoms with E-state index in [1.807, 2.05) is 0 Å². The number of aromatic nitrogens is 2. The van der Waals surface area contributed by atoms with Crippen LogP contribution >= 0.6 is 0 Å². The van der Waals surface area contributed by atoms with Gasteiger partial charge in [0.15, 0.2) is 0 Å². The Morgan fingerprint density at radius 2 is 1.35 bits per heavy atom. The van der Waals surface area contributed by atoms with E-state index in [9.17, 15) is 14.4 Å². The molecule has 0 fully saturated rings. The lowest BCUT2D eigenvalue weighted by molar-refractivity contribution is 0.150. The maximum absolute atomic E-state index is 12.2. The molecule has 1 aromatic carbocycles. The number of nitrogens with zero attached hydrogens (tertiary/aromatic N) is 2. The molecule has 7 heteroatoms. The van der Waals surface area contributed by atoms with Crippen LogP contribution in [0, 0.1) is 0 Å². The van der Waals surface area contributed by atoms with Gasteiger partial charge in [-0.3, -0.25) is 0 Å². The molecule has 2 rings (SSSR count). The van der Waals surface area contributed by atoms with Crippen LogP contribution in [-0.4, -0.2) is 34.5 Å². The van der Waals surface area contributed by atoms with Crippen LogP contribution in [0.5, 0.6) is 0 Å². The predicted octanol–water partition coefficient (Wildman–Crippen LogP) is 1.81. The first kappa shape index (κ1) is 13.9. The van der Waals surface area contributed by atoms with Crippen molar-refractivity contribution >= 4 is 23.2 Å². The van der Waals surface area contributed by atoms with E-state index in [2.05, 4.69) is 0 Å². The van der Waals surface area contributed by atoms with E-state index in [1.165, 1.54) is 0 Å². The lowest BCUT2D eigenvalue weighted by Crippen LogP contribution is -2.33. The lowest BCUT2D eigenvalue weighted by atomic mass is 10.3. The summed E-state index contributed by atoms with van der Waals surface area (Å²) in [4.78, 5) is 35.9. The highest BCUT2D eigenvalue weighted by atomic mass is 16.6. The molecule has 0 radical (unpaired) electrons. The van der Waals surface area contributed by atoms with Gasteiger partial charge in [0.25, 0.3) is 0 Å². The van der Waals surface area contributed by atoms with Gasteiger partial charge in [-0.15, -0.1) is 0 Å².